The van der Waals surface area contributed by atoms with Crippen LogP contribution in [0.25, 0.3) is 0 Å². The van der Waals surface area contributed by atoms with Crippen molar-refractivity contribution in [3.63, 3.8) is 0 Å². The van der Waals surface area contributed by atoms with Crippen molar-refractivity contribution in [2.24, 2.45) is 10.1 Å². The van der Waals surface area contributed by atoms with E-state index < -0.39 is 10.2 Å². The van der Waals surface area contributed by atoms with Crippen molar-refractivity contribution in [1.29, 1.82) is 0 Å². The highest BCUT2D eigenvalue weighted by Crippen LogP contribution is 2.28. The van der Waals surface area contributed by atoms with Crippen LogP contribution < -0.4 is 10.5 Å². The maximum Gasteiger partial charge on any atom is 0.344 e. The maximum atomic E-state index is 11.2. The van der Waals surface area contributed by atoms with Gasteiger partial charge in [-0.3, -0.25) is 9.71 Å². The van der Waals surface area contributed by atoms with E-state index in [-0.39, 0.29) is 5.84 Å². The van der Waals surface area contributed by atoms with Crippen molar-refractivity contribution in [3.05, 3.63) is 22.4 Å². The molecule has 6 nitrogen and oxygen atoms in total. The average molecular weight is 277 g/mol. The third kappa shape index (κ3) is 1.46. The second kappa shape index (κ2) is 2.92. The zero-order valence-corrected chi connectivity index (χ0v) is 9.13. The van der Waals surface area contributed by atoms with Crippen molar-refractivity contribution in [1.82, 2.24) is 4.98 Å². The second-order valence-electron chi connectivity index (χ2n) is 2.60. The summed E-state index contributed by atoms with van der Waals surface area (Å²) in [5.41, 5.74) is 6.30. The number of hydrogen-bond acceptors (Lipinski definition) is 4. The van der Waals surface area contributed by atoms with E-state index in [1.165, 1.54) is 12.4 Å². The fourth-order valence-corrected chi connectivity index (χ4v) is 2.51. The fourth-order valence-electron chi connectivity index (χ4n) is 1.06. The lowest BCUT2D eigenvalue weighted by molar-refractivity contribution is 0.602. The third-order valence-electron chi connectivity index (χ3n) is 1.63. The molecule has 1 aliphatic heterocycles. The Kier molecular flexibility index (Phi) is 1.96. The summed E-state index contributed by atoms with van der Waals surface area (Å²) >= 11 is 3.16. The van der Waals surface area contributed by atoms with E-state index in [0.717, 1.165) is 0 Å². The molecule has 3 N–H and O–H groups in total. The first-order valence-electron chi connectivity index (χ1n) is 3.52. The molecule has 0 amide bonds. The molecule has 1 aromatic rings. The molecule has 0 aromatic carbocycles. The van der Waals surface area contributed by atoms with Crippen molar-refractivity contribution in [3.8, 4) is 0 Å². The van der Waals surface area contributed by atoms with Gasteiger partial charge in [-0.15, -0.1) is 4.40 Å². The molecule has 0 saturated heterocycles. The minimum atomic E-state index is -3.71. The van der Waals surface area contributed by atoms with E-state index >= 15 is 0 Å². The van der Waals surface area contributed by atoms with Crippen LogP contribution in [-0.4, -0.2) is 19.2 Å². The standard InChI is InChI=1S/C6H5BrN4O2S/c7-4-2-9-1-3-5(4)10-14(12,13)11-6(3)8/h1-2,10H,(H2,8,11). The molecule has 0 bridgehead atoms. The first-order chi connectivity index (χ1) is 6.49. The summed E-state index contributed by atoms with van der Waals surface area (Å²) in [6.45, 7) is 0. The molecule has 0 spiro atoms. The molecule has 74 valence electrons. The Balaban J connectivity index is 2.74. The predicted octanol–water partition coefficient (Wildman–Crippen LogP) is 0.220. The van der Waals surface area contributed by atoms with Gasteiger partial charge in [0.1, 0.15) is 5.84 Å². The smallest absolute Gasteiger partial charge is 0.344 e. The number of halogens is 1. The molecule has 0 radical (unpaired) electrons. The number of fused-ring (bicyclic) bond motifs is 1. The van der Waals surface area contributed by atoms with Crippen molar-refractivity contribution >= 4 is 37.7 Å². The van der Waals surface area contributed by atoms with Crippen molar-refractivity contribution < 1.29 is 8.42 Å². The SMILES string of the molecule is NC1=NS(=O)(=O)Nc2c(Br)cncc21. The fraction of sp³-hybridized carbons (Fsp3) is 0. The van der Waals surface area contributed by atoms with Crippen LogP contribution in [0.1, 0.15) is 5.56 Å². The Morgan fingerprint density at radius 1 is 1.43 bits per heavy atom. The van der Waals surface area contributed by atoms with E-state index in [9.17, 15) is 8.42 Å². The molecular formula is C6H5BrN4O2S. The highest BCUT2D eigenvalue weighted by Gasteiger charge is 2.22. The van der Waals surface area contributed by atoms with Crippen LogP contribution in [-0.2, 0) is 10.2 Å². The molecule has 1 aliphatic rings. The zero-order chi connectivity index (χ0) is 10.3. The quantitative estimate of drug-likeness (QED) is 0.708. The van der Waals surface area contributed by atoms with E-state index in [2.05, 4.69) is 30.0 Å². The van der Waals surface area contributed by atoms with Crippen molar-refractivity contribution in [2.45, 2.75) is 0 Å². The van der Waals surface area contributed by atoms with Gasteiger partial charge in [0.15, 0.2) is 0 Å². The molecule has 8 heteroatoms. The monoisotopic (exact) mass is 276 g/mol. The molecule has 14 heavy (non-hydrogen) atoms. The number of anilines is 1. The Labute approximate surface area is 88.6 Å². The highest BCUT2D eigenvalue weighted by atomic mass is 79.9. The van der Waals surface area contributed by atoms with Gasteiger partial charge in [-0.1, -0.05) is 0 Å². The van der Waals surface area contributed by atoms with Crippen LogP contribution >= 0.6 is 15.9 Å². The summed E-state index contributed by atoms with van der Waals surface area (Å²) in [4.78, 5) is 3.85. The van der Waals surface area contributed by atoms with Crippen LogP contribution in [0.5, 0.6) is 0 Å². The van der Waals surface area contributed by atoms with E-state index in [1.807, 2.05) is 0 Å². The number of aromatic nitrogens is 1. The van der Waals surface area contributed by atoms with E-state index in [0.29, 0.717) is 15.7 Å². The van der Waals surface area contributed by atoms with Crippen LogP contribution in [0.3, 0.4) is 0 Å². The second-order valence-corrected chi connectivity index (χ2v) is 4.79. The maximum absolute atomic E-state index is 11.2. The lowest BCUT2D eigenvalue weighted by Crippen LogP contribution is -2.26. The molecule has 0 atom stereocenters. The zero-order valence-electron chi connectivity index (χ0n) is 6.73. The number of nitrogens with one attached hydrogen (secondary N) is 1. The molecule has 0 unspecified atom stereocenters. The molecule has 0 saturated carbocycles. The Hall–Kier alpha value is -1.15. The van der Waals surface area contributed by atoms with Gasteiger partial charge < -0.3 is 5.73 Å². The lowest BCUT2D eigenvalue weighted by Gasteiger charge is -2.15. The van der Waals surface area contributed by atoms with Gasteiger partial charge in [-0.05, 0) is 15.9 Å². The van der Waals surface area contributed by atoms with Crippen LogP contribution in [0.2, 0.25) is 0 Å². The normalized spacial score (nSPS) is 17.9. The third-order valence-corrected chi connectivity index (χ3v) is 3.13. The van der Waals surface area contributed by atoms with Gasteiger partial charge in [-0.25, -0.2) is 0 Å². The molecule has 0 fully saturated rings. The van der Waals surface area contributed by atoms with Gasteiger partial charge in [-0.2, -0.15) is 8.42 Å². The number of pyridine rings is 1. The summed E-state index contributed by atoms with van der Waals surface area (Å²) in [5.74, 6) is -0.0625. The van der Waals surface area contributed by atoms with Crippen molar-refractivity contribution in [2.75, 3.05) is 4.72 Å². The Bertz CT molecular complexity index is 525. The lowest BCUT2D eigenvalue weighted by atomic mass is 10.2. The summed E-state index contributed by atoms with van der Waals surface area (Å²) in [6.07, 6.45) is 2.92. The van der Waals surface area contributed by atoms with Gasteiger partial charge >= 0.3 is 10.2 Å². The first kappa shape index (κ1) is 9.41. The topological polar surface area (TPSA) is 97.4 Å². The van der Waals surface area contributed by atoms with E-state index in [1.54, 1.807) is 0 Å². The Morgan fingerprint density at radius 2 is 2.14 bits per heavy atom. The minimum Gasteiger partial charge on any atom is -0.382 e. The molecule has 2 heterocycles. The number of nitrogens with two attached hydrogens (primary N) is 1. The largest absolute Gasteiger partial charge is 0.382 e. The number of nitrogens with zero attached hydrogens (tertiary/aromatic N) is 2. The predicted molar refractivity (Wildman–Crippen MR) is 55.2 cm³/mol. The van der Waals surface area contributed by atoms with Crippen LogP contribution in [0, 0.1) is 0 Å². The van der Waals surface area contributed by atoms with Gasteiger partial charge in [0.2, 0.25) is 0 Å². The minimum absolute atomic E-state index is 0.0625. The molecule has 0 aliphatic carbocycles. The molecule has 2 rings (SSSR count). The summed E-state index contributed by atoms with van der Waals surface area (Å²) < 4.78 is 28.4. The van der Waals surface area contributed by atoms with Gasteiger partial charge in [0.25, 0.3) is 0 Å². The summed E-state index contributed by atoms with van der Waals surface area (Å²) in [6, 6.07) is 0. The number of hydrogen-bond donors (Lipinski definition) is 2. The average Bonchev–Trinajstić information content (AvgIpc) is 2.05. The Morgan fingerprint density at radius 3 is 2.86 bits per heavy atom. The first-order valence-corrected chi connectivity index (χ1v) is 5.75. The summed E-state index contributed by atoms with van der Waals surface area (Å²) in [5, 5.41) is 0. The van der Waals surface area contributed by atoms with Gasteiger partial charge in [0.05, 0.1) is 15.7 Å². The van der Waals surface area contributed by atoms with Gasteiger partial charge in [0, 0.05) is 12.4 Å². The van der Waals surface area contributed by atoms with Crippen LogP contribution in [0.15, 0.2) is 21.3 Å². The highest BCUT2D eigenvalue weighted by molar-refractivity contribution is 9.10. The number of rotatable bonds is 0. The summed E-state index contributed by atoms with van der Waals surface area (Å²) in [7, 11) is -3.71. The van der Waals surface area contributed by atoms with E-state index in [4.69, 9.17) is 5.73 Å². The van der Waals surface area contributed by atoms with Crippen LogP contribution in [0.4, 0.5) is 5.69 Å². The number of amidine groups is 1. The molecular weight excluding hydrogens is 272 g/mol. The molecule has 1 aromatic heterocycles.